The van der Waals surface area contributed by atoms with Crippen molar-refractivity contribution < 1.29 is 17.9 Å². The molecular weight excluding hydrogens is 292 g/mol. The first-order valence-electron chi connectivity index (χ1n) is 6.87. The lowest BCUT2D eigenvalue weighted by atomic mass is 10.2. The first-order valence-corrected chi connectivity index (χ1v) is 8.31. The van der Waals surface area contributed by atoms with E-state index in [0.717, 1.165) is 12.8 Å². The maximum Gasteiger partial charge on any atom is 0.264 e. The van der Waals surface area contributed by atoms with Crippen molar-refractivity contribution in [3.63, 3.8) is 0 Å². The van der Waals surface area contributed by atoms with E-state index in [2.05, 4.69) is 0 Å². The van der Waals surface area contributed by atoms with E-state index in [4.69, 9.17) is 4.74 Å². The Kier molecular flexibility index (Phi) is 4.53. The SMILES string of the molecule is CCCCN(C)S(=O)(=O)c1ccc2c(c1)N(C)C(=O)CO2. The number of carbonyl (C=O) groups is 1. The number of unbranched alkanes of at least 4 members (excludes halogenated alkanes) is 1. The van der Waals surface area contributed by atoms with E-state index >= 15 is 0 Å². The highest BCUT2D eigenvalue weighted by Crippen LogP contribution is 2.33. The summed E-state index contributed by atoms with van der Waals surface area (Å²) in [7, 11) is -0.369. The Hall–Kier alpha value is -1.60. The zero-order chi connectivity index (χ0) is 15.6. The summed E-state index contributed by atoms with van der Waals surface area (Å²) in [4.78, 5) is 13.2. The first-order chi connectivity index (χ1) is 9.87. The van der Waals surface area contributed by atoms with Gasteiger partial charge in [-0.05, 0) is 24.6 Å². The summed E-state index contributed by atoms with van der Waals surface area (Å²) < 4.78 is 31.6. The normalized spacial score (nSPS) is 15.0. The van der Waals surface area contributed by atoms with Crippen molar-refractivity contribution in [1.29, 1.82) is 0 Å². The average Bonchev–Trinajstić information content (AvgIpc) is 2.48. The van der Waals surface area contributed by atoms with Gasteiger partial charge in [0.05, 0.1) is 10.6 Å². The van der Waals surface area contributed by atoms with E-state index < -0.39 is 10.0 Å². The van der Waals surface area contributed by atoms with Gasteiger partial charge in [0.1, 0.15) is 5.75 Å². The molecule has 0 fully saturated rings. The van der Waals surface area contributed by atoms with Crippen LogP contribution in [0, 0.1) is 0 Å². The topological polar surface area (TPSA) is 66.9 Å². The molecule has 0 bridgehead atoms. The molecule has 1 amide bonds. The van der Waals surface area contributed by atoms with Crippen LogP contribution in [0.2, 0.25) is 0 Å². The van der Waals surface area contributed by atoms with Gasteiger partial charge in [0, 0.05) is 20.6 Å². The van der Waals surface area contributed by atoms with E-state index in [0.29, 0.717) is 18.0 Å². The van der Waals surface area contributed by atoms with Crippen molar-refractivity contribution in [1.82, 2.24) is 4.31 Å². The van der Waals surface area contributed by atoms with Gasteiger partial charge in [0.15, 0.2) is 6.61 Å². The van der Waals surface area contributed by atoms with Gasteiger partial charge >= 0.3 is 0 Å². The van der Waals surface area contributed by atoms with Gasteiger partial charge in [-0.2, -0.15) is 0 Å². The second-order valence-corrected chi connectivity index (χ2v) is 7.10. The lowest BCUT2D eigenvalue weighted by Crippen LogP contribution is -2.35. The molecule has 0 radical (unpaired) electrons. The molecule has 0 saturated heterocycles. The number of anilines is 1. The molecule has 7 heteroatoms. The third kappa shape index (κ3) is 3.03. The maximum absolute atomic E-state index is 12.5. The number of ether oxygens (including phenoxy) is 1. The second kappa shape index (κ2) is 6.03. The van der Waals surface area contributed by atoms with Gasteiger partial charge < -0.3 is 9.64 Å². The molecule has 0 unspecified atom stereocenters. The predicted molar refractivity (Wildman–Crippen MR) is 80.1 cm³/mol. The lowest BCUT2D eigenvalue weighted by molar-refractivity contribution is -0.120. The summed E-state index contributed by atoms with van der Waals surface area (Å²) in [6.45, 7) is 2.46. The Morgan fingerprint density at radius 1 is 1.38 bits per heavy atom. The van der Waals surface area contributed by atoms with E-state index in [9.17, 15) is 13.2 Å². The number of hydrogen-bond donors (Lipinski definition) is 0. The van der Waals surface area contributed by atoms with Crippen molar-refractivity contribution in [2.45, 2.75) is 24.7 Å². The van der Waals surface area contributed by atoms with Crippen LogP contribution < -0.4 is 9.64 Å². The Labute approximate surface area is 125 Å². The van der Waals surface area contributed by atoms with Gasteiger partial charge in [-0.25, -0.2) is 12.7 Å². The molecule has 1 aliphatic heterocycles. The number of rotatable bonds is 5. The molecule has 1 aromatic carbocycles. The van der Waals surface area contributed by atoms with Gasteiger partial charge in [-0.1, -0.05) is 13.3 Å². The smallest absolute Gasteiger partial charge is 0.264 e. The number of sulfonamides is 1. The van der Waals surface area contributed by atoms with Crippen molar-refractivity contribution >= 4 is 21.6 Å². The monoisotopic (exact) mass is 312 g/mol. The van der Waals surface area contributed by atoms with E-state index in [1.165, 1.54) is 21.3 Å². The second-order valence-electron chi connectivity index (χ2n) is 5.05. The molecule has 0 aliphatic carbocycles. The van der Waals surface area contributed by atoms with Crippen LogP contribution in [0.4, 0.5) is 5.69 Å². The summed E-state index contributed by atoms with van der Waals surface area (Å²) in [6.07, 6.45) is 1.73. The molecule has 0 spiro atoms. The Balaban J connectivity index is 2.35. The fraction of sp³-hybridized carbons (Fsp3) is 0.500. The van der Waals surface area contributed by atoms with Gasteiger partial charge in [0.2, 0.25) is 10.0 Å². The van der Waals surface area contributed by atoms with E-state index in [1.807, 2.05) is 6.92 Å². The van der Waals surface area contributed by atoms with Crippen LogP contribution in [0.15, 0.2) is 23.1 Å². The molecule has 1 heterocycles. The third-order valence-electron chi connectivity index (χ3n) is 3.55. The largest absolute Gasteiger partial charge is 0.482 e. The molecular formula is C14H20N2O4S. The van der Waals surface area contributed by atoms with Crippen LogP contribution in [0.3, 0.4) is 0 Å². The van der Waals surface area contributed by atoms with Crippen LogP contribution in [-0.2, 0) is 14.8 Å². The third-order valence-corrected chi connectivity index (χ3v) is 5.40. The van der Waals surface area contributed by atoms with Crippen molar-refractivity contribution in [3.05, 3.63) is 18.2 Å². The molecule has 1 aromatic rings. The van der Waals surface area contributed by atoms with E-state index in [1.54, 1.807) is 20.2 Å². The van der Waals surface area contributed by atoms with Crippen molar-refractivity contribution in [2.24, 2.45) is 0 Å². The van der Waals surface area contributed by atoms with Crippen LogP contribution in [0.25, 0.3) is 0 Å². The minimum Gasteiger partial charge on any atom is -0.482 e. The molecule has 2 rings (SSSR count). The lowest BCUT2D eigenvalue weighted by Gasteiger charge is -2.26. The molecule has 1 aliphatic rings. The van der Waals surface area contributed by atoms with Crippen molar-refractivity contribution in [3.8, 4) is 5.75 Å². The first kappa shape index (κ1) is 15.8. The number of benzene rings is 1. The molecule has 116 valence electrons. The summed E-state index contributed by atoms with van der Waals surface area (Å²) in [6, 6.07) is 4.60. The van der Waals surface area contributed by atoms with Gasteiger partial charge in [-0.15, -0.1) is 0 Å². The van der Waals surface area contributed by atoms with Crippen LogP contribution >= 0.6 is 0 Å². The summed E-state index contributed by atoms with van der Waals surface area (Å²) >= 11 is 0. The Bertz CT molecular complexity index is 642. The number of hydrogen-bond acceptors (Lipinski definition) is 4. The molecule has 21 heavy (non-hydrogen) atoms. The minimum absolute atomic E-state index is 0.0218. The molecule has 0 N–H and O–H groups in total. The Morgan fingerprint density at radius 3 is 2.76 bits per heavy atom. The molecule has 0 atom stereocenters. The summed E-state index contributed by atoms with van der Waals surface area (Å²) in [5, 5.41) is 0. The fourth-order valence-corrected chi connectivity index (χ4v) is 3.32. The number of amides is 1. The predicted octanol–water partition coefficient (Wildman–Crippen LogP) is 1.46. The zero-order valence-corrected chi connectivity index (χ0v) is 13.3. The molecule has 0 saturated carbocycles. The zero-order valence-electron chi connectivity index (χ0n) is 12.5. The molecule has 6 nitrogen and oxygen atoms in total. The quantitative estimate of drug-likeness (QED) is 0.825. The van der Waals surface area contributed by atoms with Crippen LogP contribution in [0.5, 0.6) is 5.75 Å². The van der Waals surface area contributed by atoms with Gasteiger partial charge in [0.25, 0.3) is 5.91 Å². The maximum atomic E-state index is 12.5. The summed E-state index contributed by atoms with van der Waals surface area (Å²) in [5.41, 5.74) is 0.483. The number of carbonyl (C=O) groups excluding carboxylic acids is 1. The van der Waals surface area contributed by atoms with Crippen LogP contribution in [0.1, 0.15) is 19.8 Å². The number of nitrogens with zero attached hydrogens (tertiary/aromatic N) is 2. The Morgan fingerprint density at radius 2 is 2.10 bits per heavy atom. The van der Waals surface area contributed by atoms with Crippen molar-refractivity contribution in [2.75, 3.05) is 32.1 Å². The molecule has 0 aromatic heterocycles. The van der Waals surface area contributed by atoms with Crippen LogP contribution in [-0.4, -0.2) is 45.9 Å². The van der Waals surface area contributed by atoms with E-state index in [-0.39, 0.29) is 17.4 Å². The highest BCUT2D eigenvalue weighted by atomic mass is 32.2. The highest BCUT2D eigenvalue weighted by Gasteiger charge is 2.26. The fourth-order valence-electron chi connectivity index (χ4n) is 2.09. The number of fused-ring (bicyclic) bond motifs is 1. The van der Waals surface area contributed by atoms with Gasteiger partial charge in [-0.3, -0.25) is 4.79 Å². The summed E-state index contributed by atoms with van der Waals surface area (Å²) in [5.74, 6) is 0.323. The number of likely N-dealkylation sites (N-methyl/N-ethyl adjacent to an activating group) is 1. The minimum atomic E-state index is -3.55. The average molecular weight is 312 g/mol. The standard InChI is InChI=1S/C14H20N2O4S/c1-4-5-8-15(2)21(18,19)11-6-7-13-12(9-11)16(3)14(17)10-20-13/h6-7,9H,4-5,8,10H2,1-3H3. The highest BCUT2D eigenvalue weighted by molar-refractivity contribution is 7.89.